The molecule has 2 heterocycles. The summed E-state index contributed by atoms with van der Waals surface area (Å²) in [7, 11) is 0. The number of morpholine rings is 1. The van der Waals surface area contributed by atoms with Crippen LogP contribution in [0.2, 0.25) is 0 Å². The maximum Gasteiger partial charge on any atom is 0.206 e. The molecular weight excluding hydrogens is 332 g/mol. The van der Waals surface area contributed by atoms with Crippen LogP contribution >= 0.6 is 11.3 Å². The van der Waals surface area contributed by atoms with Crippen molar-refractivity contribution in [2.24, 2.45) is 5.92 Å². The predicted molar refractivity (Wildman–Crippen MR) is 102 cm³/mol. The van der Waals surface area contributed by atoms with E-state index in [1.807, 2.05) is 18.2 Å². The minimum Gasteiger partial charge on any atom is -0.379 e. The fourth-order valence-corrected chi connectivity index (χ4v) is 4.72. The van der Waals surface area contributed by atoms with E-state index in [1.54, 1.807) is 11.3 Å². The van der Waals surface area contributed by atoms with E-state index < -0.39 is 0 Å². The fraction of sp³-hybridized carbons (Fsp3) is 0.579. The van der Waals surface area contributed by atoms with Crippen LogP contribution in [0.15, 0.2) is 30.3 Å². The molecule has 1 aromatic carbocycles. The SMILES string of the molecule is c1ccc(-c2nnc(N[C@@H]3CCC[C@@H](CN4CCOCC4)C3)s2)cc1. The third-order valence-electron chi connectivity index (χ3n) is 5.18. The fourth-order valence-electron chi connectivity index (χ4n) is 3.89. The van der Waals surface area contributed by atoms with Crippen molar-refractivity contribution in [3.05, 3.63) is 30.3 Å². The number of aromatic nitrogens is 2. The Hall–Kier alpha value is -1.50. The lowest BCUT2D eigenvalue weighted by molar-refractivity contribution is 0.0274. The highest BCUT2D eigenvalue weighted by Gasteiger charge is 2.25. The van der Waals surface area contributed by atoms with Gasteiger partial charge in [0, 0.05) is 31.2 Å². The van der Waals surface area contributed by atoms with Crippen molar-refractivity contribution in [3.63, 3.8) is 0 Å². The molecule has 6 heteroatoms. The zero-order valence-electron chi connectivity index (χ0n) is 14.6. The molecule has 2 fully saturated rings. The first-order valence-electron chi connectivity index (χ1n) is 9.32. The van der Waals surface area contributed by atoms with Crippen molar-refractivity contribution < 1.29 is 4.74 Å². The summed E-state index contributed by atoms with van der Waals surface area (Å²) in [5, 5.41) is 14.3. The molecule has 0 radical (unpaired) electrons. The van der Waals surface area contributed by atoms with Gasteiger partial charge >= 0.3 is 0 Å². The lowest BCUT2D eigenvalue weighted by atomic mass is 9.85. The second kappa shape index (κ2) is 8.25. The Morgan fingerprint density at radius 3 is 2.80 bits per heavy atom. The summed E-state index contributed by atoms with van der Waals surface area (Å²) in [6.07, 6.45) is 5.12. The highest BCUT2D eigenvalue weighted by atomic mass is 32.1. The molecule has 1 N–H and O–H groups in total. The molecule has 1 aromatic heterocycles. The third-order valence-corrected chi connectivity index (χ3v) is 6.08. The van der Waals surface area contributed by atoms with Crippen molar-refractivity contribution >= 4 is 16.5 Å². The molecule has 1 saturated carbocycles. The molecule has 5 nitrogen and oxygen atoms in total. The Bertz CT molecular complexity index is 656. The van der Waals surface area contributed by atoms with Gasteiger partial charge in [-0.1, -0.05) is 48.1 Å². The largest absolute Gasteiger partial charge is 0.379 e. The van der Waals surface area contributed by atoms with Gasteiger partial charge in [-0.15, -0.1) is 10.2 Å². The second-order valence-electron chi connectivity index (χ2n) is 7.07. The molecule has 0 spiro atoms. The number of nitrogens with one attached hydrogen (secondary N) is 1. The molecule has 1 saturated heterocycles. The van der Waals surface area contributed by atoms with Crippen LogP contribution in [-0.2, 0) is 4.74 Å². The Kier molecular flexibility index (Phi) is 5.59. The zero-order valence-corrected chi connectivity index (χ0v) is 15.4. The molecule has 1 aliphatic heterocycles. The van der Waals surface area contributed by atoms with Crippen LogP contribution in [0, 0.1) is 5.92 Å². The monoisotopic (exact) mass is 358 g/mol. The molecule has 0 unspecified atom stereocenters. The summed E-state index contributed by atoms with van der Waals surface area (Å²) in [5.74, 6) is 0.783. The van der Waals surface area contributed by atoms with Crippen LogP contribution in [0.1, 0.15) is 25.7 Å². The number of hydrogen-bond donors (Lipinski definition) is 1. The Balaban J connectivity index is 1.32. The smallest absolute Gasteiger partial charge is 0.206 e. The molecule has 2 atom stereocenters. The summed E-state index contributed by atoms with van der Waals surface area (Å²) in [6, 6.07) is 10.8. The van der Waals surface area contributed by atoms with E-state index in [0.29, 0.717) is 6.04 Å². The van der Waals surface area contributed by atoms with E-state index in [2.05, 4.69) is 32.5 Å². The third kappa shape index (κ3) is 4.57. The van der Waals surface area contributed by atoms with Crippen molar-refractivity contribution in [3.8, 4) is 10.6 Å². The van der Waals surface area contributed by atoms with E-state index in [4.69, 9.17) is 4.74 Å². The van der Waals surface area contributed by atoms with E-state index in [1.165, 1.54) is 32.2 Å². The van der Waals surface area contributed by atoms with Crippen LogP contribution in [0.4, 0.5) is 5.13 Å². The standard InChI is InChI=1S/C19H26N4OS/c1-2-6-16(7-3-1)18-21-22-19(25-18)20-17-8-4-5-15(13-17)14-23-9-11-24-12-10-23/h1-3,6-7,15,17H,4-5,8-14H2,(H,20,22)/t15-,17-/m1/s1. The van der Waals surface area contributed by atoms with Crippen LogP contribution in [0.3, 0.4) is 0 Å². The number of benzene rings is 1. The first kappa shape index (κ1) is 16.9. The van der Waals surface area contributed by atoms with Gasteiger partial charge in [0.2, 0.25) is 5.13 Å². The lowest BCUT2D eigenvalue weighted by Crippen LogP contribution is -2.41. The van der Waals surface area contributed by atoms with Crippen LogP contribution in [0.25, 0.3) is 10.6 Å². The molecule has 134 valence electrons. The van der Waals surface area contributed by atoms with Crippen LogP contribution in [0.5, 0.6) is 0 Å². The van der Waals surface area contributed by atoms with Crippen LogP contribution in [-0.4, -0.2) is 54.0 Å². The second-order valence-corrected chi connectivity index (χ2v) is 8.04. The summed E-state index contributed by atoms with van der Waals surface area (Å²) >= 11 is 1.66. The summed E-state index contributed by atoms with van der Waals surface area (Å²) in [5.41, 5.74) is 1.14. The predicted octanol–water partition coefficient (Wildman–Crippen LogP) is 3.51. The first-order chi connectivity index (χ1) is 12.4. The average Bonchev–Trinajstić information content (AvgIpc) is 3.12. The number of anilines is 1. The highest BCUT2D eigenvalue weighted by molar-refractivity contribution is 7.18. The molecule has 1 aliphatic carbocycles. The minimum atomic E-state index is 0.524. The van der Waals surface area contributed by atoms with Crippen molar-refractivity contribution in [2.75, 3.05) is 38.2 Å². The average molecular weight is 359 g/mol. The van der Waals surface area contributed by atoms with Crippen molar-refractivity contribution in [1.82, 2.24) is 15.1 Å². The van der Waals surface area contributed by atoms with Gasteiger partial charge in [-0.2, -0.15) is 0 Å². The van der Waals surface area contributed by atoms with Gasteiger partial charge in [0.25, 0.3) is 0 Å². The molecule has 2 aromatic rings. The number of nitrogens with zero attached hydrogens (tertiary/aromatic N) is 3. The van der Waals surface area contributed by atoms with Gasteiger partial charge in [-0.3, -0.25) is 4.90 Å². The maximum absolute atomic E-state index is 5.46. The molecule has 25 heavy (non-hydrogen) atoms. The van der Waals surface area contributed by atoms with E-state index in [-0.39, 0.29) is 0 Å². The number of ether oxygens (including phenoxy) is 1. The summed E-state index contributed by atoms with van der Waals surface area (Å²) < 4.78 is 5.46. The molecular formula is C19H26N4OS. The van der Waals surface area contributed by atoms with Crippen molar-refractivity contribution in [1.29, 1.82) is 0 Å². The molecule has 0 amide bonds. The van der Waals surface area contributed by atoms with Gasteiger partial charge < -0.3 is 10.1 Å². The molecule has 2 aliphatic rings. The minimum absolute atomic E-state index is 0.524. The highest BCUT2D eigenvalue weighted by Crippen LogP contribution is 2.31. The molecule has 0 bridgehead atoms. The zero-order chi connectivity index (χ0) is 16.9. The van der Waals surface area contributed by atoms with Crippen LogP contribution < -0.4 is 5.32 Å². The van der Waals surface area contributed by atoms with Gasteiger partial charge in [0.1, 0.15) is 5.01 Å². The van der Waals surface area contributed by atoms with Gasteiger partial charge in [0.15, 0.2) is 0 Å². The van der Waals surface area contributed by atoms with E-state index >= 15 is 0 Å². The maximum atomic E-state index is 5.46. The van der Waals surface area contributed by atoms with Gasteiger partial charge in [0.05, 0.1) is 13.2 Å². The summed E-state index contributed by atoms with van der Waals surface area (Å²) in [6.45, 7) is 5.17. The Morgan fingerprint density at radius 1 is 1.12 bits per heavy atom. The Morgan fingerprint density at radius 2 is 1.96 bits per heavy atom. The van der Waals surface area contributed by atoms with E-state index in [9.17, 15) is 0 Å². The Labute approximate surface area is 153 Å². The normalized spacial score (nSPS) is 25.0. The number of hydrogen-bond acceptors (Lipinski definition) is 6. The first-order valence-corrected chi connectivity index (χ1v) is 10.1. The van der Waals surface area contributed by atoms with Crippen molar-refractivity contribution in [2.45, 2.75) is 31.7 Å². The topological polar surface area (TPSA) is 50.3 Å². The van der Waals surface area contributed by atoms with Gasteiger partial charge in [-0.05, 0) is 25.2 Å². The number of rotatable bonds is 5. The summed E-state index contributed by atoms with van der Waals surface area (Å²) in [4.78, 5) is 2.56. The molecule has 4 rings (SSSR count). The quantitative estimate of drug-likeness (QED) is 0.886. The lowest BCUT2D eigenvalue weighted by Gasteiger charge is -2.35. The van der Waals surface area contributed by atoms with E-state index in [0.717, 1.165) is 47.9 Å². The van der Waals surface area contributed by atoms with Gasteiger partial charge in [-0.25, -0.2) is 0 Å².